The predicted octanol–water partition coefficient (Wildman–Crippen LogP) is 2.17. The number of nitrogens with zero attached hydrogens (tertiary/aromatic N) is 2. The summed E-state index contributed by atoms with van der Waals surface area (Å²) < 4.78 is 1.02. The van der Waals surface area contributed by atoms with Crippen LogP contribution in [0.3, 0.4) is 0 Å². The van der Waals surface area contributed by atoms with Crippen LogP contribution in [0, 0.1) is 0 Å². The highest BCUT2D eigenvalue weighted by molar-refractivity contribution is 9.10. The molecular weight excluding hydrogens is 244 g/mol. The molecule has 0 unspecified atom stereocenters. The molecule has 1 aliphatic rings. The molecule has 14 heavy (non-hydrogen) atoms. The van der Waals surface area contributed by atoms with Gasteiger partial charge in [0.1, 0.15) is 0 Å². The van der Waals surface area contributed by atoms with E-state index in [9.17, 15) is 4.79 Å². The second-order valence-electron chi connectivity index (χ2n) is 3.08. The molecule has 1 aromatic rings. The minimum Gasteiger partial charge on any atom is -0.273 e. The van der Waals surface area contributed by atoms with E-state index in [4.69, 9.17) is 0 Å². The van der Waals surface area contributed by atoms with Crippen LogP contribution in [-0.2, 0) is 11.3 Å². The van der Waals surface area contributed by atoms with Gasteiger partial charge in [-0.2, -0.15) is 5.10 Å². The van der Waals surface area contributed by atoms with Crippen molar-refractivity contribution in [1.82, 2.24) is 5.01 Å². The van der Waals surface area contributed by atoms with E-state index in [1.165, 1.54) is 5.01 Å². The summed E-state index contributed by atoms with van der Waals surface area (Å²) in [5.41, 5.74) is 1.08. The van der Waals surface area contributed by atoms with E-state index in [1.807, 2.05) is 24.3 Å². The van der Waals surface area contributed by atoms with Crippen LogP contribution < -0.4 is 0 Å². The highest BCUT2D eigenvalue weighted by atomic mass is 79.9. The van der Waals surface area contributed by atoms with Crippen molar-refractivity contribution in [1.29, 1.82) is 0 Å². The zero-order valence-electron chi connectivity index (χ0n) is 7.48. The topological polar surface area (TPSA) is 32.7 Å². The van der Waals surface area contributed by atoms with Gasteiger partial charge in [-0.25, -0.2) is 5.01 Å². The van der Waals surface area contributed by atoms with Crippen LogP contribution in [0.15, 0.2) is 33.8 Å². The molecule has 1 aromatic carbocycles. The van der Waals surface area contributed by atoms with E-state index in [0.717, 1.165) is 10.0 Å². The Hall–Kier alpha value is -1.16. The first-order valence-electron chi connectivity index (χ1n) is 4.33. The third-order valence-electron chi connectivity index (χ3n) is 2.00. The van der Waals surface area contributed by atoms with Gasteiger partial charge in [0.15, 0.2) is 0 Å². The lowest BCUT2D eigenvalue weighted by Gasteiger charge is -2.11. The van der Waals surface area contributed by atoms with Crippen LogP contribution in [-0.4, -0.2) is 17.1 Å². The molecule has 3 nitrogen and oxygen atoms in total. The van der Waals surface area contributed by atoms with Crippen molar-refractivity contribution in [3.8, 4) is 0 Å². The summed E-state index contributed by atoms with van der Waals surface area (Å²) >= 11 is 3.38. The Morgan fingerprint density at radius 3 is 3.00 bits per heavy atom. The average molecular weight is 253 g/mol. The summed E-state index contributed by atoms with van der Waals surface area (Å²) in [5, 5.41) is 5.47. The highest BCUT2D eigenvalue weighted by Gasteiger charge is 2.16. The van der Waals surface area contributed by atoms with E-state index in [0.29, 0.717) is 13.0 Å². The van der Waals surface area contributed by atoms with Gasteiger partial charge in [0.25, 0.3) is 0 Å². The van der Waals surface area contributed by atoms with Gasteiger partial charge in [-0.15, -0.1) is 0 Å². The lowest BCUT2D eigenvalue weighted by Crippen LogP contribution is -2.19. The molecule has 0 saturated heterocycles. The smallest absolute Gasteiger partial charge is 0.248 e. The van der Waals surface area contributed by atoms with Gasteiger partial charge in [0.2, 0.25) is 5.91 Å². The molecule has 1 heterocycles. The second-order valence-corrected chi connectivity index (χ2v) is 4.00. The van der Waals surface area contributed by atoms with Crippen molar-refractivity contribution in [2.45, 2.75) is 13.0 Å². The molecule has 0 aromatic heterocycles. The van der Waals surface area contributed by atoms with Crippen LogP contribution in [0.4, 0.5) is 0 Å². The first-order chi connectivity index (χ1) is 6.75. The largest absolute Gasteiger partial charge is 0.273 e. The van der Waals surface area contributed by atoms with Crippen LogP contribution >= 0.6 is 15.9 Å². The van der Waals surface area contributed by atoms with E-state index >= 15 is 0 Å². The molecule has 2 rings (SSSR count). The monoisotopic (exact) mass is 252 g/mol. The second kappa shape index (κ2) is 3.92. The SMILES string of the molecule is O=C1CC=NN1Cc1cccc(Br)c1. The lowest BCUT2D eigenvalue weighted by atomic mass is 10.2. The Kier molecular flexibility index (Phi) is 2.63. The van der Waals surface area contributed by atoms with Crippen molar-refractivity contribution < 1.29 is 4.79 Å². The first kappa shape index (κ1) is 9.40. The highest BCUT2D eigenvalue weighted by Crippen LogP contribution is 2.15. The fourth-order valence-corrected chi connectivity index (χ4v) is 1.77. The molecule has 0 saturated carbocycles. The number of benzene rings is 1. The fraction of sp³-hybridized carbons (Fsp3) is 0.200. The van der Waals surface area contributed by atoms with Crippen LogP contribution in [0.2, 0.25) is 0 Å². The van der Waals surface area contributed by atoms with E-state index < -0.39 is 0 Å². The summed E-state index contributed by atoms with van der Waals surface area (Å²) in [6.07, 6.45) is 2.06. The van der Waals surface area contributed by atoms with Gasteiger partial charge < -0.3 is 0 Å². The molecule has 0 fully saturated rings. The Morgan fingerprint density at radius 1 is 1.50 bits per heavy atom. The molecule has 0 aliphatic carbocycles. The lowest BCUT2D eigenvalue weighted by molar-refractivity contribution is -0.129. The molecule has 1 amide bonds. The quantitative estimate of drug-likeness (QED) is 0.794. The summed E-state index contributed by atoms with van der Waals surface area (Å²) in [7, 11) is 0. The van der Waals surface area contributed by atoms with E-state index in [-0.39, 0.29) is 5.91 Å². The molecule has 4 heteroatoms. The Morgan fingerprint density at radius 2 is 2.36 bits per heavy atom. The maximum atomic E-state index is 11.3. The molecule has 0 radical (unpaired) electrons. The number of hydrazone groups is 1. The molecule has 0 bridgehead atoms. The van der Waals surface area contributed by atoms with Crippen molar-refractivity contribution in [3.05, 3.63) is 34.3 Å². The Bertz CT molecular complexity index is 389. The maximum absolute atomic E-state index is 11.3. The summed E-state index contributed by atoms with van der Waals surface area (Å²) in [5.74, 6) is 0.0602. The third-order valence-corrected chi connectivity index (χ3v) is 2.49. The summed E-state index contributed by atoms with van der Waals surface area (Å²) in [6, 6.07) is 7.87. The molecule has 1 aliphatic heterocycles. The standard InChI is InChI=1S/C10H9BrN2O/c11-9-3-1-2-8(6-9)7-13-10(14)4-5-12-13/h1-3,5-6H,4,7H2. The van der Waals surface area contributed by atoms with Gasteiger partial charge in [-0.3, -0.25) is 4.79 Å². The van der Waals surface area contributed by atoms with Crippen molar-refractivity contribution in [2.24, 2.45) is 5.10 Å². The van der Waals surface area contributed by atoms with Gasteiger partial charge in [0, 0.05) is 10.7 Å². The number of halogens is 1. The van der Waals surface area contributed by atoms with Gasteiger partial charge in [-0.05, 0) is 17.7 Å². The minimum atomic E-state index is 0.0602. The molecule has 72 valence electrons. The fourth-order valence-electron chi connectivity index (χ4n) is 1.32. The van der Waals surface area contributed by atoms with E-state index in [2.05, 4.69) is 21.0 Å². The molecule has 0 spiro atoms. The van der Waals surface area contributed by atoms with Gasteiger partial charge in [-0.1, -0.05) is 28.1 Å². The number of carbonyl (C=O) groups is 1. The van der Waals surface area contributed by atoms with Gasteiger partial charge in [0.05, 0.1) is 13.0 Å². The van der Waals surface area contributed by atoms with Crippen molar-refractivity contribution >= 4 is 28.1 Å². The number of hydrogen-bond acceptors (Lipinski definition) is 2. The zero-order valence-corrected chi connectivity index (χ0v) is 9.07. The Labute approximate surface area is 90.5 Å². The van der Waals surface area contributed by atoms with Crippen molar-refractivity contribution in [3.63, 3.8) is 0 Å². The minimum absolute atomic E-state index is 0.0602. The van der Waals surface area contributed by atoms with Crippen LogP contribution in [0.1, 0.15) is 12.0 Å². The molecule has 0 N–H and O–H groups in total. The number of rotatable bonds is 2. The maximum Gasteiger partial charge on any atom is 0.248 e. The number of hydrogen-bond donors (Lipinski definition) is 0. The number of carbonyl (C=O) groups excluding carboxylic acids is 1. The molecular formula is C10H9BrN2O. The van der Waals surface area contributed by atoms with E-state index in [1.54, 1.807) is 6.21 Å². The summed E-state index contributed by atoms with van der Waals surface area (Å²) in [4.78, 5) is 11.3. The Balaban J connectivity index is 2.10. The number of amides is 1. The zero-order chi connectivity index (χ0) is 9.97. The van der Waals surface area contributed by atoms with Crippen LogP contribution in [0.5, 0.6) is 0 Å². The van der Waals surface area contributed by atoms with Gasteiger partial charge >= 0.3 is 0 Å². The first-order valence-corrected chi connectivity index (χ1v) is 5.12. The molecule has 0 atom stereocenters. The summed E-state index contributed by atoms with van der Waals surface area (Å²) in [6.45, 7) is 0.550. The third kappa shape index (κ3) is 2.01. The average Bonchev–Trinajstić information content (AvgIpc) is 2.52. The predicted molar refractivity (Wildman–Crippen MR) is 57.8 cm³/mol. The van der Waals surface area contributed by atoms with Crippen molar-refractivity contribution in [2.75, 3.05) is 0 Å². The normalized spacial score (nSPS) is 15.2. The van der Waals surface area contributed by atoms with Crippen LogP contribution in [0.25, 0.3) is 0 Å².